The van der Waals surface area contributed by atoms with Gasteiger partial charge in [-0.05, 0) is 93.1 Å². The molecule has 7 rings (SSSR count). The van der Waals surface area contributed by atoms with Gasteiger partial charge in [0.15, 0.2) is 0 Å². The number of rotatable bonds is 11. The molecule has 0 saturated heterocycles. The fourth-order valence-corrected chi connectivity index (χ4v) is 6.25. The molecule has 0 bridgehead atoms. The van der Waals surface area contributed by atoms with E-state index in [1.54, 1.807) is 76.9 Å². The normalized spacial score (nSPS) is 10.7. The van der Waals surface area contributed by atoms with Crippen molar-refractivity contribution in [1.82, 2.24) is 15.0 Å². The van der Waals surface area contributed by atoms with Crippen LogP contribution in [0.5, 0.6) is 0 Å². The highest BCUT2D eigenvalue weighted by molar-refractivity contribution is 6.30. The van der Waals surface area contributed by atoms with Crippen molar-refractivity contribution in [3.8, 4) is 0 Å². The Kier molecular flexibility index (Phi) is 16.9. The number of carbonyl (C=O) groups is 3. The lowest BCUT2D eigenvalue weighted by molar-refractivity contribution is 0.0980. The number of pyridine rings is 3. The zero-order valence-corrected chi connectivity index (χ0v) is 35.0. The van der Waals surface area contributed by atoms with Gasteiger partial charge in [0.1, 0.15) is 16.1 Å². The Labute approximate surface area is 360 Å². The van der Waals surface area contributed by atoms with Crippen molar-refractivity contribution in [2.45, 2.75) is 26.8 Å². The summed E-state index contributed by atoms with van der Waals surface area (Å²) in [5, 5.41) is 6.88. The van der Waals surface area contributed by atoms with Crippen LogP contribution in [0.4, 0.5) is 22.9 Å². The number of hydrogen-bond donors (Lipinski definition) is 2. The number of anilines is 4. The molecule has 0 aliphatic carbocycles. The van der Waals surface area contributed by atoms with Gasteiger partial charge in [-0.15, -0.1) is 0 Å². The number of hydrogen-bond acceptors (Lipinski definition) is 7. The van der Waals surface area contributed by atoms with Crippen molar-refractivity contribution in [2.24, 2.45) is 0 Å². The largest absolute Gasteiger partial charge is 0.363 e. The van der Waals surface area contributed by atoms with E-state index in [0.717, 1.165) is 17.2 Å². The lowest BCUT2D eigenvalue weighted by Gasteiger charge is -2.22. The van der Waals surface area contributed by atoms with E-state index in [9.17, 15) is 14.4 Å². The van der Waals surface area contributed by atoms with Gasteiger partial charge in [0.2, 0.25) is 0 Å². The molecule has 60 heavy (non-hydrogen) atoms. The lowest BCUT2D eigenvalue weighted by atomic mass is 10.1. The van der Waals surface area contributed by atoms with Crippen LogP contribution in [0.25, 0.3) is 0 Å². The van der Waals surface area contributed by atoms with E-state index in [4.69, 9.17) is 23.2 Å². The minimum absolute atomic E-state index is 0.0126. The quantitative estimate of drug-likeness (QED) is 0.124. The van der Waals surface area contributed by atoms with Crippen molar-refractivity contribution in [1.29, 1.82) is 0 Å². The molecule has 304 valence electrons. The molecule has 3 heterocycles. The van der Waals surface area contributed by atoms with Crippen LogP contribution in [0.1, 0.15) is 63.5 Å². The van der Waals surface area contributed by atoms with Gasteiger partial charge in [-0.1, -0.05) is 108 Å². The molecular weight excluding hydrogens is 793 g/mol. The number of carbonyl (C=O) groups excluding carboxylic acids is 3. The standard InChI is InChI=1S/C22H23N3O.C14H13ClN2O.C12H9ClN2O/c1-3-25(22(26)19-12-8-5-9-13-19)20-14-15-23-21(16-20)24-17(2)18-10-6-4-7-11-18;1-2-17(12-8-9-16-13(15)10-12)14(18)11-6-4-3-5-7-11;13-11-8-10(6-7-14-11)15-12(16)9-4-2-1-3-5-9/h4-17H,3H2,1-2H3,(H,23,24);3-10H,2H2,1H3;1-8H,(H,14,15,16)/t17-;;/m0../s1. The fraction of sp³-hybridized carbons (Fsp3) is 0.125. The molecule has 2 N–H and O–H groups in total. The van der Waals surface area contributed by atoms with Gasteiger partial charge in [0, 0.05) is 77.5 Å². The molecule has 3 amide bonds. The second-order valence-corrected chi connectivity index (χ2v) is 13.8. The van der Waals surface area contributed by atoms with Gasteiger partial charge in [-0.2, -0.15) is 0 Å². The zero-order chi connectivity index (χ0) is 42.7. The summed E-state index contributed by atoms with van der Waals surface area (Å²) in [6.07, 6.45) is 4.87. The van der Waals surface area contributed by atoms with Gasteiger partial charge in [-0.25, -0.2) is 15.0 Å². The van der Waals surface area contributed by atoms with Crippen LogP contribution >= 0.6 is 23.2 Å². The summed E-state index contributed by atoms with van der Waals surface area (Å²) in [4.78, 5) is 52.5. The van der Waals surface area contributed by atoms with Gasteiger partial charge >= 0.3 is 0 Å². The Morgan fingerprint density at radius 1 is 0.550 bits per heavy atom. The Morgan fingerprint density at radius 2 is 0.983 bits per heavy atom. The molecule has 0 spiro atoms. The maximum atomic E-state index is 12.8. The molecule has 0 radical (unpaired) electrons. The van der Waals surface area contributed by atoms with E-state index in [1.807, 2.05) is 111 Å². The van der Waals surface area contributed by atoms with E-state index >= 15 is 0 Å². The number of benzene rings is 4. The van der Waals surface area contributed by atoms with Crippen molar-refractivity contribution < 1.29 is 14.4 Å². The lowest BCUT2D eigenvalue weighted by Crippen LogP contribution is -2.30. The summed E-state index contributed by atoms with van der Waals surface area (Å²) in [7, 11) is 0. The van der Waals surface area contributed by atoms with Crippen LogP contribution in [0.15, 0.2) is 176 Å². The highest BCUT2D eigenvalue weighted by Gasteiger charge is 2.18. The van der Waals surface area contributed by atoms with E-state index < -0.39 is 0 Å². The number of halogens is 2. The van der Waals surface area contributed by atoms with E-state index in [-0.39, 0.29) is 23.8 Å². The molecule has 0 aliphatic rings. The Bertz CT molecular complexity index is 2430. The highest BCUT2D eigenvalue weighted by atomic mass is 35.5. The van der Waals surface area contributed by atoms with E-state index in [0.29, 0.717) is 45.8 Å². The first-order valence-electron chi connectivity index (χ1n) is 19.3. The first kappa shape index (κ1) is 44.2. The number of aromatic nitrogens is 3. The number of nitrogens with one attached hydrogen (secondary N) is 2. The van der Waals surface area contributed by atoms with Crippen LogP contribution in [-0.2, 0) is 0 Å². The minimum atomic E-state index is -0.164. The topological polar surface area (TPSA) is 120 Å². The van der Waals surface area contributed by atoms with E-state index in [1.165, 1.54) is 5.56 Å². The third-order valence-corrected chi connectivity index (χ3v) is 9.34. The summed E-state index contributed by atoms with van der Waals surface area (Å²) >= 11 is 11.6. The van der Waals surface area contributed by atoms with Crippen molar-refractivity contribution in [3.63, 3.8) is 0 Å². The monoisotopic (exact) mass is 837 g/mol. The minimum Gasteiger partial charge on any atom is -0.363 e. The predicted molar refractivity (Wildman–Crippen MR) is 243 cm³/mol. The van der Waals surface area contributed by atoms with Gasteiger partial charge < -0.3 is 20.4 Å². The van der Waals surface area contributed by atoms with Crippen LogP contribution in [0.3, 0.4) is 0 Å². The smallest absolute Gasteiger partial charge is 0.258 e. The molecule has 12 heteroatoms. The summed E-state index contributed by atoms with van der Waals surface area (Å²) in [6.45, 7) is 7.16. The summed E-state index contributed by atoms with van der Waals surface area (Å²) in [5.74, 6) is 0.530. The zero-order valence-electron chi connectivity index (χ0n) is 33.5. The molecule has 0 fully saturated rings. The molecule has 3 aromatic heterocycles. The third-order valence-electron chi connectivity index (χ3n) is 8.93. The number of nitrogens with zero attached hydrogens (tertiary/aromatic N) is 5. The van der Waals surface area contributed by atoms with Crippen LogP contribution < -0.4 is 20.4 Å². The second kappa shape index (κ2) is 22.9. The average Bonchev–Trinajstić information content (AvgIpc) is 3.28. The molecular formula is C48H45Cl2N7O3. The molecule has 0 saturated carbocycles. The first-order valence-corrected chi connectivity index (χ1v) is 20.0. The Morgan fingerprint density at radius 3 is 1.47 bits per heavy atom. The van der Waals surface area contributed by atoms with E-state index in [2.05, 4.69) is 44.6 Å². The molecule has 1 atom stereocenters. The molecule has 0 unspecified atom stereocenters. The van der Waals surface area contributed by atoms with Crippen LogP contribution in [-0.4, -0.2) is 45.8 Å². The molecule has 10 nitrogen and oxygen atoms in total. The van der Waals surface area contributed by atoms with Crippen LogP contribution in [0.2, 0.25) is 10.3 Å². The maximum Gasteiger partial charge on any atom is 0.258 e. The second-order valence-electron chi connectivity index (χ2n) is 13.0. The van der Waals surface area contributed by atoms with Crippen molar-refractivity contribution in [2.75, 3.05) is 33.5 Å². The SMILES string of the molecule is CCN(C(=O)c1ccccc1)c1ccnc(Cl)c1.CCN(C(=O)c1ccccc1)c1ccnc(N[C@@H](C)c2ccccc2)c1.O=C(Nc1ccnc(Cl)c1)c1ccccc1. The van der Waals surface area contributed by atoms with Gasteiger partial charge in [0.05, 0.1) is 0 Å². The van der Waals surface area contributed by atoms with Gasteiger partial charge in [0.25, 0.3) is 17.7 Å². The van der Waals surface area contributed by atoms with Crippen LogP contribution in [0, 0.1) is 0 Å². The summed E-state index contributed by atoms with van der Waals surface area (Å²) in [6, 6.07) is 48.4. The summed E-state index contributed by atoms with van der Waals surface area (Å²) < 4.78 is 0. The Hall–Kier alpha value is -6.88. The third kappa shape index (κ3) is 13.1. The molecule has 0 aliphatic heterocycles. The average molecular weight is 839 g/mol. The van der Waals surface area contributed by atoms with Crippen molar-refractivity contribution >= 4 is 63.8 Å². The molecule has 4 aromatic carbocycles. The number of amides is 3. The highest BCUT2D eigenvalue weighted by Crippen LogP contribution is 2.24. The fourth-order valence-electron chi connectivity index (χ4n) is 5.91. The van der Waals surface area contributed by atoms with Crippen molar-refractivity contribution in [3.05, 3.63) is 209 Å². The molecule has 7 aromatic rings. The van der Waals surface area contributed by atoms with Gasteiger partial charge in [-0.3, -0.25) is 14.4 Å². The first-order chi connectivity index (χ1) is 29.2. The summed E-state index contributed by atoms with van der Waals surface area (Å²) in [5.41, 5.74) is 5.35. The maximum absolute atomic E-state index is 12.8. The predicted octanol–water partition coefficient (Wildman–Crippen LogP) is 11.3. The Balaban J connectivity index is 0.000000177.